The maximum Gasteiger partial charge on any atom is 0.151 e. The van der Waals surface area contributed by atoms with Crippen LogP contribution in [0.15, 0.2) is 24.3 Å². The molecule has 3 nitrogen and oxygen atoms in total. The highest BCUT2D eigenvalue weighted by Gasteiger charge is 2.04. The number of likely N-dealkylation sites (N-methyl/N-ethyl adjacent to an activating group) is 1. The van der Waals surface area contributed by atoms with Crippen molar-refractivity contribution in [2.75, 3.05) is 20.6 Å². The summed E-state index contributed by atoms with van der Waals surface area (Å²) in [6, 6.07) is 6.80. The SMILES string of the molecule is CN(C)CC(=O)Cc1cccc(O)c1. The number of aromatic hydroxyl groups is 1. The summed E-state index contributed by atoms with van der Waals surface area (Å²) in [6.45, 7) is 0.440. The summed E-state index contributed by atoms with van der Waals surface area (Å²) >= 11 is 0. The Hall–Kier alpha value is -1.35. The number of hydrogen-bond donors (Lipinski definition) is 1. The average molecular weight is 193 g/mol. The number of nitrogens with zero attached hydrogens (tertiary/aromatic N) is 1. The smallest absolute Gasteiger partial charge is 0.151 e. The van der Waals surface area contributed by atoms with Gasteiger partial charge in [-0.15, -0.1) is 0 Å². The predicted octanol–water partition coefficient (Wildman–Crippen LogP) is 1.07. The number of Topliss-reactive ketones (excluding diaryl/α,β-unsaturated/α-hetero) is 1. The number of hydrogen-bond acceptors (Lipinski definition) is 3. The normalized spacial score (nSPS) is 10.5. The summed E-state index contributed by atoms with van der Waals surface area (Å²) in [5.74, 6) is 0.362. The summed E-state index contributed by atoms with van der Waals surface area (Å²) in [6.07, 6.45) is 0.382. The van der Waals surface area contributed by atoms with Crippen molar-refractivity contribution in [3.05, 3.63) is 29.8 Å². The lowest BCUT2D eigenvalue weighted by atomic mass is 10.1. The van der Waals surface area contributed by atoms with E-state index < -0.39 is 0 Å². The van der Waals surface area contributed by atoms with Gasteiger partial charge in [0.25, 0.3) is 0 Å². The van der Waals surface area contributed by atoms with E-state index in [0.29, 0.717) is 13.0 Å². The first kappa shape index (κ1) is 10.7. The molecule has 0 spiro atoms. The third-order valence-corrected chi connectivity index (χ3v) is 1.80. The third kappa shape index (κ3) is 3.58. The zero-order valence-electron chi connectivity index (χ0n) is 8.53. The van der Waals surface area contributed by atoms with Crippen molar-refractivity contribution in [2.24, 2.45) is 0 Å². The van der Waals surface area contributed by atoms with Gasteiger partial charge < -0.3 is 10.0 Å². The first-order valence-electron chi connectivity index (χ1n) is 4.52. The van der Waals surface area contributed by atoms with E-state index in [2.05, 4.69) is 0 Å². The number of phenols is 1. The Morgan fingerprint density at radius 1 is 1.43 bits per heavy atom. The quantitative estimate of drug-likeness (QED) is 0.777. The fraction of sp³-hybridized carbons (Fsp3) is 0.364. The zero-order chi connectivity index (χ0) is 10.6. The van der Waals surface area contributed by atoms with Crippen molar-refractivity contribution < 1.29 is 9.90 Å². The van der Waals surface area contributed by atoms with Crippen molar-refractivity contribution in [2.45, 2.75) is 6.42 Å². The monoisotopic (exact) mass is 193 g/mol. The molecule has 0 bridgehead atoms. The molecule has 0 saturated heterocycles. The molecule has 1 N–H and O–H groups in total. The van der Waals surface area contributed by atoms with E-state index in [1.807, 2.05) is 25.1 Å². The van der Waals surface area contributed by atoms with Crippen LogP contribution >= 0.6 is 0 Å². The van der Waals surface area contributed by atoms with Crippen molar-refractivity contribution in [1.82, 2.24) is 4.90 Å². The molecule has 0 atom stereocenters. The van der Waals surface area contributed by atoms with E-state index in [9.17, 15) is 9.90 Å². The Labute approximate surface area is 84.0 Å². The first-order valence-corrected chi connectivity index (χ1v) is 4.52. The van der Waals surface area contributed by atoms with Gasteiger partial charge in [-0.3, -0.25) is 4.79 Å². The van der Waals surface area contributed by atoms with Crippen molar-refractivity contribution in [3.63, 3.8) is 0 Å². The summed E-state index contributed by atoms with van der Waals surface area (Å²) in [7, 11) is 3.72. The molecule has 0 amide bonds. The fourth-order valence-electron chi connectivity index (χ4n) is 1.30. The summed E-state index contributed by atoms with van der Waals surface area (Å²) < 4.78 is 0. The number of rotatable bonds is 4. The van der Waals surface area contributed by atoms with E-state index in [0.717, 1.165) is 5.56 Å². The van der Waals surface area contributed by atoms with Crippen LogP contribution < -0.4 is 0 Å². The molecule has 0 aliphatic carbocycles. The number of ketones is 1. The fourth-order valence-corrected chi connectivity index (χ4v) is 1.30. The van der Waals surface area contributed by atoms with Crippen LogP contribution in [0.4, 0.5) is 0 Å². The lowest BCUT2D eigenvalue weighted by molar-refractivity contribution is -0.119. The Bertz CT molecular complexity index is 321. The predicted molar refractivity (Wildman–Crippen MR) is 55.4 cm³/mol. The lowest BCUT2D eigenvalue weighted by Crippen LogP contribution is -2.22. The highest BCUT2D eigenvalue weighted by atomic mass is 16.3. The molecule has 0 radical (unpaired) electrons. The van der Waals surface area contributed by atoms with Gasteiger partial charge in [0.2, 0.25) is 0 Å². The van der Waals surface area contributed by atoms with Gasteiger partial charge >= 0.3 is 0 Å². The average Bonchev–Trinajstić information content (AvgIpc) is 2.01. The van der Waals surface area contributed by atoms with Gasteiger partial charge in [-0.1, -0.05) is 12.1 Å². The van der Waals surface area contributed by atoms with Gasteiger partial charge in [-0.2, -0.15) is 0 Å². The highest BCUT2D eigenvalue weighted by Crippen LogP contribution is 2.11. The molecular formula is C11H15NO2. The van der Waals surface area contributed by atoms with Crippen molar-refractivity contribution >= 4 is 5.78 Å². The maximum absolute atomic E-state index is 11.4. The molecule has 0 aliphatic heterocycles. The highest BCUT2D eigenvalue weighted by molar-refractivity contribution is 5.82. The van der Waals surface area contributed by atoms with E-state index in [1.54, 1.807) is 18.2 Å². The summed E-state index contributed by atoms with van der Waals surface area (Å²) in [5, 5.41) is 9.19. The zero-order valence-corrected chi connectivity index (χ0v) is 8.53. The van der Waals surface area contributed by atoms with Crippen LogP contribution in [0.1, 0.15) is 5.56 Å². The molecule has 0 saturated carbocycles. The number of benzene rings is 1. The van der Waals surface area contributed by atoms with E-state index >= 15 is 0 Å². The molecule has 76 valence electrons. The molecule has 1 aromatic rings. The molecule has 1 rings (SSSR count). The summed E-state index contributed by atoms with van der Waals surface area (Å²) in [4.78, 5) is 13.2. The molecule has 14 heavy (non-hydrogen) atoms. The van der Waals surface area contributed by atoms with Crippen LogP contribution in [-0.2, 0) is 11.2 Å². The molecule has 0 unspecified atom stereocenters. The minimum atomic E-state index is 0.153. The molecule has 1 aromatic carbocycles. The first-order chi connectivity index (χ1) is 6.58. The lowest BCUT2D eigenvalue weighted by Gasteiger charge is -2.08. The van der Waals surface area contributed by atoms with Gasteiger partial charge in [0.1, 0.15) is 5.75 Å². The minimum absolute atomic E-state index is 0.153. The van der Waals surface area contributed by atoms with E-state index in [4.69, 9.17) is 0 Å². The molecule has 0 fully saturated rings. The van der Waals surface area contributed by atoms with Crippen LogP contribution in [0.25, 0.3) is 0 Å². The van der Waals surface area contributed by atoms with Crippen LogP contribution in [0.2, 0.25) is 0 Å². The van der Waals surface area contributed by atoms with Gasteiger partial charge in [0, 0.05) is 6.42 Å². The largest absolute Gasteiger partial charge is 0.508 e. The molecule has 0 aliphatic rings. The second-order valence-electron chi connectivity index (χ2n) is 3.62. The van der Waals surface area contributed by atoms with Gasteiger partial charge in [0.05, 0.1) is 6.54 Å². The molecule has 0 aromatic heterocycles. The summed E-state index contributed by atoms with van der Waals surface area (Å²) in [5.41, 5.74) is 0.858. The van der Waals surface area contributed by atoms with Crippen LogP contribution in [0.3, 0.4) is 0 Å². The Kier molecular flexibility index (Phi) is 3.65. The Morgan fingerprint density at radius 2 is 2.14 bits per heavy atom. The maximum atomic E-state index is 11.4. The van der Waals surface area contributed by atoms with Crippen molar-refractivity contribution in [1.29, 1.82) is 0 Å². The Balaban J connectivity index is 2.56. The molecular weight excluding hydrogens is 178 g/mol. The second kappa shape index (κ2) is 4.77. The van der Waals surface area contributed by atoms with E-state index in [1.165, 1.54) is 0 Å². The standard InChI is InChI=1S/C11H15NO2/c1-12(2)8-11(14)7-9-4-3-5-10(13)6-9/h3-6,13H,7-8H2,1-2H3. The number of phenolic OH excluding ortho intramolecular Hbond substituents is 1. The van der Waals surface area contributed by atoms with Gasteiger partial charge in [-0.25, -0.2) is 0 Å². The van der Waals surface area contributed by atoms with Crippen molar-refractivity contribution in [3.8, 4) is 5.75 Å². The van der Waals surface area contributed by atoms with Crippen LogP contribution in [-0.4, -0.2) is 36.4 Å². The number of carbonyl (C=O) groups is 1. The topological polar surface area (TPSA) is 40.5 Å². The van der Waals surface area contributed by atoms with Crippen LogP contribution in [0, 0.1) is 0 Å². The van der Waals surface area contributed by atoms with Crippen LogP contribution in [0.5, 0.6) is 5.75 Å². The number of carbonyl (C=O) groups excluding carboxylic acids is 1. The van der Waals surface area contributed by atoms with Gasteiger partial charge in [-0.05, 0) is 31.8 Å². The molecule has 0 heterocycles. The van der Waals surface area contributed by atoms with E-state index in [-0.39, 0.29) is 11.5 Å². The minimum Gasteiger partial charge on any atom is -0.508 e. The second-order valence-corrected chi connectivity index (χ2v) is 3.62. The third-order valence-electron chi connectivity index (χ3n) is 1.80. The molecule has 3 heteroatoms. The van der Waals surface area contributed by atoms with Gasteiger partial charge in [0.15, 0.2) is 5.78 Å². The Morgan fingerprint density at radius 3 is 2.71 bits per heavy atom.